The maximum atomic E-state index is 9.34. The quantitative estimate of drug-likeness (QED) is 0.152. The zero-order chi connectivity index (χ0) is 32.8. The highest BCUT2D eigenvalue weighted by Crippen LogP contribution is 2.50. The number of hydrogen-bond donors (Lipinski definition) is 1. The molecule has 0 saturated heterocycles. The van der Waals surface area contributed by atoms with Crippen molar-refractivity contribution in [3.63, 3.8) is 0 Å². The van der Waals surface area contributed by atoms with E-state index in [0.717, 1.165) is 48.0 Å². The number of unbranched alkanes of at least 4 members (excludes halogenated alkanes) is 3. The Labute approximate surface area is 272 Å². The highest BCUT2D eigenvalue weighted by Gasteiger charge is 2.31. The van der Waals surface area contributed by atoms with Gasteiger partial charge in [0.25, 0.3) is 0 Å². The second kappa shape index (κ2) is 15.0. The van der Waals surface area contributed by atoms with Crippen molar-refractivity contribution in [2.45, 2.75) is 104 Å². The maximum absolute atomic E-state index is 9.34. The Balaban J connectivity index is 1.95. The number of benzene rings is 2. The smallest absolute Gasteiger partial charge is 0.0804 e. The first-order chi connectivity index (χ1) is 20.5. The topological polar surface area (TPSA) is 26.7 Å². The van der Waals surface area contributed by atoms with Crippen molar-refractivity contribution in [3.8, 4) is 0 Å². The number of fused-ring (bicyclic) bond motifs is 2. The van der Waals surface area contributed by atoms with Crippen molar-refractivity contribution in [1.82, 2.24) is 0 Å². The molecule has 0 fully saturated rings. The first kappa shape index (κ1) is 36.4. The average Bonchev–Trinajstić information content (AvgIpc) is 2.94. The Morgan fingerprint density at radius 1 is 0.545 bits per heavy atom. The first-order valence-electron chi connectivity index (χ1n) is 17.6. The molecule has 1 aliphatic rings. The van der Waals surface area contributed by atoms with Gasteiger partial charge in [-0.15, -0.1) is 0 Å². The van der Waals surface area contributed by atoms with Crippen LogP contribution in [-0.4, -0.2) is 88.1 Å². The van der Waals surface area contributed by atoms with Gasteiger partial charge in [-0.2, -0.15) is 0 Å². The Kier molecular flexibility index (Phi) is 12.4. The lowest BCUT2D eigenvalue weighted by Gasteiger charge is -2.42. The second-order valence-corrected chi connectivity index (χ2v) is 16.8. The summed E-state index contributed by atoms with van der Waals surface area (Å²) in [7, 11) is 9.39. The summed E-state index contributed by atoms with van der Waals surface area (Å²) in [5.41, 5.74) is 8.43. The molecule has 0 bridgehead atoms. The number of hydrogen-bond acceptors (Lipinski definition) is 3. The third kappa shape index (κ3) is 9.96. The summed E-state index contributed by atoms with van der Waals surface area (Å²) in [6.07, 6.45) is 8.20. The molecule has 0 aromatic heterocycles. The van der Waals surface area contributed by atoms with E-state index in [2.05, 4.69) is 123 Å². The summed E-state index contributed by atoms with van der Waals surface area (Å²) in [6, 6.07) is 14.5. The largest absolute Gasteiger partial charge is 0.396 e. The lowest BCUT2D eigenvalue weighted by molar-refractivity contribution is -0.890. The van der Waals surface area contributed by atoms with Crippen LogP contribution < -0.4 is 9.80 Å². The van der Waals surface area contributed by atoms with Crippen LogP contribution in [0.25, 0.3) is 0 Å². The molecule has 248 valence electrons. The fourth-order valence-corrected chi connectivity index (χ4v) is 6.54. The molecular formula is C39H68N4O+2. The molecule has 1 aliphatic heterocycles. The monoisotopic (exact) mass is 609 g/mol. The minimum absolute atomic E-state index is 0.0953. The molecule has 5 nitrogen and oxygen atoms in total. The Hall–Kier alpha value is -2.08. The van der Waals surface area contributed by atoms with E-state index < -0.39 is 0 Å². The van der Waals surface area contributed by atoms with Gasteiger partial charge in [-0.3, -0.25) is 0 Å². The third-order valence-electron chi connectivity index (χ3n) is 9.67. The predicted octanol–water partition coefficient (Wildman–Crippen LogP) is 8.77. The zero-order valence-electron chi connectivity index (χ0n) is 30.6. The average molecular weight is 609 g/mol. The minimum Gasteiger partial charge on any atom is -0.396 e. The fourth-order valence-electron chi connectivity index (χ4n) is 6.54. The van der Waals surface area contributed by atoms with Gasteiger partial charge in [0.15, 0.2) is 0 Å². The van der Waals surface area contributed by atoms with E-state index in [4.69, 9.17) is 0 Å². The molecule has 1 N–H and O–H groups in total. The molecule has 0 unspecified atom stereocenters. The number of nitrogens with zero attached hydrogens (tertiary/aromatic N) is 4. The van der Waals surface area contributed by atoms with Gasteiger partial charge >= 0.3 is 0 Å². The van der Waals surface area contributed by atoms with Gasteiger partial charge in [0.1, 0.15) is 0 Å². The van der Waals surface area contributed by atoms with Crippen LogP contribution in [-0.2, 0) is 10.8 Å². The van der Waals surface area contributed by atoms with Gasteiger partial charge in [-0.05, 0) is 78.3 Å². The van der Waals surface area contributed by atoms with E-state index in [1.807, 2.05) is 0 Å². The van der Waals surface area contributed by atoms with Crippen LogP contribution in [0.4, 0.5) is 22.7 Å². The molecule has 0 radical (unpaired) electrons. The molecular weight excluding hydrogens is 540 g/mol. The predicted molar refractivity (Wildman–Crippen MR) is 193 cm³/mol. The Bertz CT molecular complexity index is 1090. The van der Waals surface area contributed by atoms with Crippen LogP contribution in [0.1, 0.15) is 105 Å². The van der Waals surface area contributed by atoms with Crippen molar-refractivity contribution >= 4 is 22.7 Å². The SMILES string of the molecule is CCCC[N+](C)(C)CCCCN1c2cc(C(C)(C)C)ccc2N(CCCC[N+](C)(C)CCCO)c2cc(C(C)(C)C)ccc21. The molecule has 1 heterocycles. The van der Waals surface area contributed by atoms with Gasteiger partial charge in [0.2, 0.25) is 0 Å². The number of rotatable bonds is 16. The van der Waals surface area contributed by atoms with Gasteiger partial charge in [0.05, 0.1) is 77.1 Å². The molecule has 0 spiro atoms. The van der Waals surface area contributed by atoms with E-state index in [0.29, 0.717) is 0 Å². The number of quaternary nitrogens is 2. The highest BCUT2D eigenvalue weighted by molar-refractivity contribution is 5.94. The van der Waals surface area contributed by atoms with Crippen LogP contribution in [0.2, 0.25) is 0 Å². The first-order valence-corrected chi connectivity index (χ1v) is 17.6. The van der Waals surface area contributed by atoms with Crippen LogP contribution in [0.5, 0.6) is 0 Å². The van der Waals surface area contributed by atoms with Crippen LogP contribution in [0.15, 0.2) is 36.4 Å². The van der Waals surface area contributed by atoms with Gasteiger partial charge in [-0.1, -0.05) is 67.0 Å². The third-order valence-corrected chi connectivity index (χ3v) is 9.67. The van der Waals surface area contributed by atoms with E-state index in [1.165, 1.54) is 79.1 Å². The maximum Gasteiger partial charge on any atom is 0.0804 e. The Morgan fingerprint density at radius 3 is 1.30 bits per heavy atom. The van der Waals surface area contributed by atoms with Crippen LogP contribution >= 0.6 is 0 Å². The number of aliphatic hydroxyl groups excluding tert-OH is 1. The lowest BCUT2D eigenvalue weighted by atomic mass is 9.85. The summed E-state index contributed by atoms with van der Waals surface area (Å²) >= 11 is 0. The molecule has 0 amide bonds. The fraction of sp³-hybridized carbons (Fsp3) is 0.692. The van der Waals surface area contributed by atoms with Crippen molar-refractivity contribution < 1.29 is 14.1 Å². The summed E-state index contributed by atoms with van der Waals surface area (Å²) in [5.74, 6) is 0. The van der Waals surface area contributed by atoms with Gasteiger partial charge in [-0.25, -0.2) is 0 Å². The van der Waals surface area contributed by atoms with E-state index in [1.54, 1.807) is 0 Å². The summed E-state index contributed by atoms with van der Waals surface area (Å²) in [4.78, 5) is 5.27. The Morgan fingerprint density at radius 2 is 0.932 bits per heavy atom. The van der Waals surface area contributed by atoms with Crippen molar-refractivity contribution in [2.75, 3.05) is 83.9 Å². The lowest BCUT2D eigenvalue weighted by Crippen LogP contribution is -2.42. The van der Waals surface area contributed by atoms with E-state index in [9.17, 15) is 5.11 Å². The second-order valence-electron chi connectivity index (χ2n) is 16.8. The number of aliphatic hydroxyl groups is 1. The zero-order valence-corrected chi connectivity index (χ0v) is 30.6. The van der Waals surface area contributed by atoms with Crippen molar-refractivity contribution in [3.05, 3.63) is 47.5 Å². The normalized spacial score (nSPS) is 14.2. The van der Waals surface area contributed by atoms with Crippen molar-refractivity contribution in [2.24, 2.45) is 0 Å². The molecule has 0 saturated carbocycles. The summed E-state index contributed by atoms with van der Waals surface area (Å²) in [5, 5.41) is 9.34. The summed E-state index contributed by atoms with van der Waals surface area (Å²) in [6.45, 7) is 23.3. The molecule has 0 aliphatic carbocycles. The van der Waals surface area contributed by atoms with E-state index >= 15 is 0 Å². The standard InChI is InChI=1S/C39H68N4O/c1-12-13-25-42(8,9)26-16-14-23-40-34-21-19-33(39(5,6)7)31-37(34)41(24-15-17-27-43(10,11)28-18-29-44)35-22-20-32(30-36(35)40)38(2,3)4/h19-22,30-31,44H,12-18,23-29H2,1-11H3/q+2. The van der Waals surface area contributed by atoms with Crippen LogP contribution in [0, 0.1) is 0 Å². The van der Waals surface area contributed by atoms with E-state index in [-0.39, 0.29) is 17.4 Å². The molecule has 44 heavy (non-hydrogen) atoms. The summed E-state index contributed by atoms with van der Waals surface area (Å²) < 4.78 is 2.09. The molecule has 2 aromatic carbocycles. The van der Waals surface area contributed by atoms with Gasteiger partial charge in [0, 0.05) is 26.1 Å². The molecule has 2 aromatic rings. The number of anilines is 4. The van der Waals surface area contributed by atoms with Gasteiger partial charge < -0.3 is 23.9 Å². The molecule has 3 rings (SSSR count). The highest BCUT2D eigenvalue weighted by atomic mass is 16.3. The van der Waals surface area contributed by atoms with Crippen molar-refractivity contribution in [1.29, 1.82) is 0 Å². The minimum atomic E-state index is 0.0953. The molecule has 0 atom stereocenters. The molecule has 5 heteroatoms. The van der Waals surface area contributed by atoms with Crippen LogP contribution in [0.3, 0.4) is 0 Å².